The van der Waals surface area contributed by atoms with E-state index in [1.807, 2.05) is 0 Å². The Morgan fingerprint density at radius 3 is 1.68 bits per heavy atom. The minimum absolute atomic E-state index is 0.0143. The number of sulfonamides is 2. The van der Waals surface area contributed by atoms with E-state index in [4.69, 9.17) is 38.4 Å². The normalized spacial score (nSPS) is 13.4. The summed E-state index contributed by atoms with van der Waals surface area (Å²) in [6, 6.07) is 14.3. The zero-order chi connectivity index (χ0) is 28.0. The van der Waals surface area contributed by atoms with Crippen LogP contribution in [0.3, 0.4) is 0 Å². The molecule has 0 atom stereocenters. The maximum absolute atomic E-state index is 11.6. The zero-order valence-corrected chi connectivity index (χ0v) is 21.1. The van der Waals surface area contributed by atoms with E-state index in [2.05, 4.69) is 10.0 Å². The zero-order valence-electron chi connectivity index (χ0n) is 18.8. The van der Waals surface area contributed by atoms with Gasteiger partial charge < -0.3 is 27.0 Å². The van der Waals surface area contributed by atoms with Crippen molar-refractivity contribution >= 4 is 60.6 Å². The molecule has 16 heteroatoms. The summed E-state index contributed by atoms with van der Waals surface area (Å²) in [6.45, 7) is 0.0143. The smallest absolute Gasteiger partial charge is 0.335 e. The number of fused-ring (bicyclic) bond motifs is 1. The minimum atomic E-state index is -4.07. The highest BCUT2D eigenvalue weighted by molar-refractivity contribution is 7.90. The van der Waals surface area contributed by atoms with Gasteiger partial charge in [-0.05, 0) is 60.7 Å². The van der Waals surface area contributed by atoms with Crippen LogP contribution in [0.25, 0.3) is 0 Å². The van der Waals surface area contributed by atoms with Crippen LogP contribution in [0, 0.1) is 0 Å². The second kappa shape index (κ2) is 11.9. The highest BCUT2D eigenvalue weighted by atomic mass is 35.5. The summed E-state index contributed by atoms with van der Waals surface area (Å²) in [5.74, 6) is -1.86. The molecule has 0 saturated carbocycles. The van der Waals surface area contributed by atoms with Crippen LogP contribution in [-0.4, -0.2) is 45.7 Å². The number of hydrogen-bond donors (Lipinski definition) is 7. The monoisotopic (exact) mass is 571 g/mol. The fraction of sp³-hybridized carbons (Fsp3) is 0.0476. The van der Waals surface area contributed by atoms with Crippen molar-refractivity contribution in [3.63, 3.8) is 0 Å². The van der Waals surface area contributed by atoms with Gasteiger partial charge in [0, 0.05) is 11.4 Å². The van der Waals surface area contributed by atoms with Gasteiger partial charge >= 0.3 is 11.9 Å². The third-order valence-corrected chi connectivity index (χ3v) is 7.30. The number of nitrogens with two attached hydrogens (primary N) is 3. The first-order valence-corrected chi connectivity index (χ1v) is 13.3. The van der Waals surface area contributed by atoms with Crippen LogP contribution in [0.1, 0.15) is 20.7 Å². The number of nitrogen functional groups attached to an aromatic ring is 2. The van der Waals surface area contributed by atoms with Gasteiger partial charge in [-0.1, -0.05) is 11.6 Å². The number of carboxylic acids is 2. The molecule has 3 aromatic rings. The molecule has 0 unspecified atom stereocenters. The van der Waals surface area contributed by atoms with Gasteiger partial charge in [0.2, 0.25) is 20.0 Å². The van der Waals surface area contributed by atoms with Crippen molar-refractivity contribution in [1.82, 2.24) is 4.72 Å². The molecule has 10 N–H and O–H groups in total. The number of halogens is 1. The third-order valence-electron chi connectivity index (χ3n) is 4.49. The van der Waals surface area contributed by atoms with E-state index in [1.54, 1.807) is 24.3 Å². The van der Waals surface area contributed by atoms with Crippen LogP contribution >= 0.6 is 11.6 Å². The quantitative estimate of drug-likeness (QED) is 0.222. The van der Waals surface area contributed by atoms with Crippen molar-refractivity contribution in [2.75, 3.05) is 23.5 Å². The number of anilines is 3. The molecular formula is C21H22ClN5O8S2. The fourth-order valence-corrected chi connectivity index (χ4v) is 4.95. The Morgan fingerprint density at radius 2 is 1.30 bits per heavy atom. The summed E-state index contributed by atoms with van der Waals surface area (Å²) in [5.41, 5.74) is 12.6. The number of hydrogen-bond acceptors (Lipinski definition) is 9. The van der Waals surface area contributed by atoms with E-state index in [0.29, 0.717) is 11.4 Å². The highest BCUT2D eigenvalue weighted by Crippen LogP contribution is 2.32. The molecule has 0 aliphatic carbocycles. The minimum Gasteiger partial charge on any atom is -0.478 e. The predicted octanol–water partition coefficient (Wildman–Crippen LogP) is 1.58. The van der Waals surface area contributed by atoms with Gasteiger partial charge in [0.1, 0.15) is 9.79 Å². The van der Waals surface area contributed by atoms with Gasteiger partial charge in [-0.2, -0.15) is 4.72 Å². The first-order valence-electron chi connectivity index (χ1n) is 9.89. The first kappa shape index (κ1) is 29.3. The van der Waals surface area contributed by atoms with Gasteiger partial charge in [-0.15, -0.1) is 0 Å². The number of primary sulfonamides is 1. The van der Waals surface area contributed by atoms with Crippen molar-refractivity contribution in [3.8, 4) is 0 Å². The molecule has 1 heterocycles. The molecule has 0 aromatic heterocycles. The van der Waals surface area contributed by atoms with Crippen molar-refractivity contribution < 1.29 is 36.6 Å². The van der Waals surface area contributed by atoms with E-state index < -0.39 is 36.9 Å². The number of carbonyl (C=O) groups is 2. The standard InChI is InChI=1S/C7H8ClN3O4S2.2C7H7NO2/c8-4-1-5-7(2-6(4)16(9,12)13)17(14,15)11-3-10-5;2*8-6-3-1-5(2-4-6)7(9)10/h1-2,10-11H,3H2,(H2,9,12,13);2*1-4H,8H2,(H,9,10). The van der Waals surface area contributed by atoms with E-state index >= 15 is 0 Å². The molecule has 0 amide bonds. The fourth-order valence-electron chi connectivity index (χ4n) is 2.67. The molecule has 198 valence electrons. The Hall–Kier alpha value is -3.89. The van der Waals surface area contributed by atoms with Crippen LogP contribution in [0.2, 0.25) is 5.02 Å². The second-order valence-corrected chi connectivity index (χ2v) is 10.9. The first-order chi connectivity index (χ1) is 17.1. The number of benzene rings is 3. The lowest BCUT2D eigenvalue weighted by Crippen LogP contribution is -2.34. The second-order valence-electron chi connectivity index (χ2n) is 7.18. The van der Waals surface area contributed by atoms with Gasteiger partial charge in [-0.25, -0.2) is 31.6 Å². The maximum atomic E-state index is 11.6. The molecule has 13 nitrogen and oxygen atoms in total. The number of nitrogens with one attached hydrogen (secondary N) is 2. The Kier molecular flexibility index (Phi) is 9.43. The van der Waals surface area contributed by atoms with E-state index in [9.17, 15) is 26.4 Å². The topological polar surface area (TPSA) is 245 Å². The van der Waals surface area contributed by atoms with Crippen LogP contribution in [0.15, 0.2) is 70.5 Å². The van der Waals surface area contributed by atoms with Crippen LogP contribution in [0.4, 0.5) is 17.1 Å². The maximum Gasteiger partial charge on any atom is 0.335 e. The highest BCUT2D eigenvalue weighted by Gasteiger charge is 2.27. The predicted molar refractivity (Wildman–Crippen MR) is 137 cm³/mol. The van der Waals surface area contributed by atoms with Crippen molar-refractivity contribution in [1.29, 1.82) is 0 Å². The van der Waals surface area contributed by atoms with Crippen molar-refractivity contribution in [2.45, 2.75) is 9.79 Å². The summed E-state index contributed by atoms with van der Waals surface area (Å²) in [5, 5.41) is 24.4. The average Bonchev–Trinajstić information content (AvgIpc) is 2.79. The third kappa shape index (κ3) is 8.33. The molecule has 1 aliphatic heterocycles. The molecule has 4 rings (SSSR count). The molecule has 0 saturated heterocycles. The Bertz CT molecular complexity index is 1460. The van der Waals surface area contributed by atoms with E-state index in [1.165, 1.54) is 30.3 Å². The Morgan fingerprint density at radius 1 is 0.865 bits per heavy atom. The molecule has 0 fully saturated rings. The lowest BCUT2D eigenvalue weighted by molar-refractivity contribution is 0.0686. The molecule has 0 radical (unpaired) electrons. The van der Waals surface area contributed by atoms with Gasteiger partial charge in [-0.3, -0.25) is 0 Å². The van der Waals surface area contributed by atoms with Crippen LogP contribution in [-0.2, 0) is 20.0 Å². The molecular weight excluding hydrogens is 550 g/mol. The number of rotatable bonds is 3. The van der Waals surface area contributed by atoms with Crippen molar-refractivity contribution in [3.05, 3.63) is 76.8 Å². The summed E-state index contributed by atoms with van der Waals surface area (Å²) in [4.78, 5) is 19.9. The summed E-state index contributed by atoms with van der Waals surface area (Å²) in [7, 11) is -7.80. The van der Waals surface area contributed by atoms with Gasteiger partial charge in [0.05, 0.1) is 28.5 Å². The van der Waals surface area contributed by atoms with Crippen LogP contribution in [0.5, 0.6) is 0 Å². The molecule has 3 aromatic carbocycles. The molecule has 0 spiro atoms. The Labute approximate surface area is 217 Å². The summed E-state index contributed by atoms with van der Waals surface area (Å²) >= 11 is 5.72. The van der Waals surface area contributed by atoms with Gasteiger partial charge in [0.15, 0.2) is 0 Å². The van der Waals surface area contributed by atoms with E-state index in [-0.39, 0.29) is 33.4 Å². The average molecular weight is 572 g/mol. The number of aromatic carboxylic acids is 2. The Balaban J connectivity index is 0.000000208. The van der Waals surface area contributed by atoms with E-state index in [0.717, 1.165) is 6.07 Å². The molecule has 1 aliphatic rings. The van der Waals surface area contributed by atoms with Crippen LogP contribution < -0.4 is 26.6 Å². The summed E-state index contributed by atoms with van der Waals surface area (Å²) in [6.07, 6.45) is 0. The molecule has 0 bridgehead atoms. The van der Waals surface area contributed by atoms with Crippen molar-refractivity contribution in [2.24, 2.45) is 5.14 Å². The lowest BCUT2D eigenvalue weighted by atomic mass is 10.2. The molecule has 37 heavy (non-hydrogen) atoms. The SMILES string of the molecule is NS(=O)(=O)c1cc2c(cc1Cl)NCNS2(=O)=O.Nc1ccc(C(=O)O)cc1.Nc1ccc(C(=O)O)cc1. The summed E-state index contributed by atoms with van der Waals surface area (Å²) < 4.78 is 47.9. The largest absolute Gasteiger partial charge is 0.478 e. The van der Waals surface area contributed by atoms with Gasteiger partial charge in [0.25, 0.3) is 0 Å². The number of carboxylic acid groups (broad SMARTS) is 2. The lowest BCUT2D eigenvalue weighted by Gasteiger charge is -2.20.